The van der Waals surface area contributed by atoms with Gasteiger partial charge in [0.2, 0.25) is 0 Å². The number of aliphatic carboxylic acids is 1. The molecule has 0 radical (unpaired) electrons. The van der Waals surface area contributed by atoms with Crippen molar-refractivity contribution in [3.05, 3.63) is 53.1 Å². The number of carbonyl (C=O) groups excluding carboxylic acids is 2. The van der Waals surface area contributed by atoms with E-state index in [-0.39, 0.29) is 35.5 Å². The number of halogens is 3. The van der Waals surface area contributed by atoms with Crippen molar-refractivity contribution in [2.45, 2.75) is 45.5 Å². The third-order valence-electron chi connectivity index (χ3n) is 5.96. The molecule has 1 aliphatic rings. The third kappa shape index (κ3) is 6.98. The molecular weight excluding hydrogens is 523 g/mol. The number of aryl methyl sites for hydroxylation is 1. The van der Waals surface area contributed by atoms with Crippen molar-refractivity contribution in [1.82, 2.24) is 9.80 Å². The molecule has 2 aromatic rings. The molecule has 3 amide bonds. The second-order valence-electron chi connectivity index (χ2n) is 10.00. The number of carboxylic acids is 1. The number of carbonyl (C=O) groups is 4. The van der Waals surface area contributed by atoms with Gasteiger partial charge in [-0.05, 0) is 68.7 Å². The first-order valence-electron chi connectivity index (χ1n) is 11.8. The Bertz CT molecular complexity index is 1300. The molecule has 1 aliphatic heterocycles. The first-order chi connectivity index (χ1) is 18.0. The van der Waals surface area contributed by atoms with Crippen LogP contribution in [0.2, 0.25) is 0 Å². The molecule has 13 heteroatoms. The minimum atomic E-state index is -4.61. The highest BCUT2D eigenvalue weighted by molar-refractivity contribution is 6.05. The van der Waals surface area contributed by atoms with Crippen molar-refractivity contribution in [1.29, 1.82) is 0 Å². The summed E-state index contributed by atoms with van der Waals surface area (Å²) in [7, 11) is 0. The molecule has 1 fully saturated rings. The highest BCUT2D eigenvalue weighted by atomic mass is 19.4. The van der Waals surface area contributed by atoms with E-state index < -0.39 is 54.0 Å². The van der Waals surface area contributed by atoms with Gasteiger partial charge in [0.25, 0.3) is 5.91 Å². The van der Waals surface area contributed by atoms with Crippen molar-refractivity contribution >= 4 is 29.8 Å². The molecule has 0 bridgehead atoms. The number of nitrogens with zero attached hydrogens (tertiary/aromatic N) is 2. The van der Waals surface area contributed by atoms with Crippen molar-refractivity contribution in [2.24, 2.45) is 0 Å². The van der Waals surface area contributed by atoms with E-state index in [0.29, 0.717) is 5.56 Å². The summed E-state index contributed by atoms with van der Waals surface area (Å²) in [5.41, 5.74) is -1.18. The Labute approximate surface area is 222 Å². The molecule has 0 spiro atoms. The first kappa shape index (κ1) is 29.3. The van der Waals surface area contributed by atoms with Crippen LogP contribution in [0, 0.1) is 6.92 Å². The zero-order valence-electron chi connectivity index (χ0n) is 21.6. The second-order valence-corrected chi connectivity index (χ2v) is 10.00. The molecule has 1 saturated heterocycles. The maximum absolute atomic E-state index is 13.7. The van der Waals surface area contributed by atoms with Crippen LogP contribution in [0.15, 0.2) is 36.4 Å². The third-order valence-corrected chi connectivity index (χ3v) is 5.96. The molecule has 0 unspecified atom stereocenters. The van der Waals surface area contributed by atoms with Crippen LogP contribution in [-0.4, -0.2) is 75.4 Å². The highest BCUT2D eigenvalue weighted by Crippen LogP contribution is 2.35. The number of alkyl halides is 3. The van der Waals surface area contributed by atoms with Gasteiger partial charge in [0, 0.05) is 13.1 Å². The lowest BCUT2D eigenvalue weighted by atomic mass is 9.95. The molecule has 1 atom stereocenters. The molecular formula is C26H28F3N3O7. The van der Waals surface area contributed by atoms with Crippen LogP contribution in [-0.2, 0) is 15.7 Å². The molecule has 1 heterocycles. The molecule has 2 aromatic carbocycles. The Morgan fingerprint density at radius 2 is 1.67 bits per heavy atom. The van der Waals surface area contributed by atoms with Gasteiger partial charge in [-0.3, -0.25) is 10.1 Å². The summed E-state index contributed by atoms with van der Waals surface area (Å²) in [6, 6.07) is 5.63. The van der Waals surface area contributed by atoms with Gasteiger partial charge in [0.05, 0.1) is 23.4 Å². The van der Waals surface area contributed by atoms with Crippen molar-refractivity contribution in [2.75, 3.05) is 25.0 Å². The Morgan fingerprint density at radius 3 is 2.23 bits per heavy atom. The fourth-order valence-corrected chi connectivity index (χ4v) is 4.09. The van der Waals surface area contributed by atoms with Crippen LogP contribution in [0.3, 0.4) is 0 Å². The van der Waals surface area contributed by atoms with Gasteiger partial charge in [-0.25, -0.2) is 14.4 Å². The largest absolute Gasteiger partial charge is 0.480 e. The Morgan fingerprint density at radius 1 is 1.00 bits per heavy atom. The van der Waals surface area contributed by atoms with Crippen LogP contribution >= 0.6 is 0 Å². The van der Waals surface area contributed by atoms with Crippen molar-refractivity contribution in [3.63, 3.8) is 0 Å². The molecule has 0 aliphatic carbocycles. The smallest absolute Gasteiger partial charge is 0.416 e. The van der Waals surface area contributed by atoms with Crippen LogP contribution in [0.1, 0.15) is 42.3 Å². The summed E-state index contributed by atoms with van der Waals surface area (Å²) < 4.78 is 45.4. The number of anilines is 1. The van der Waals surface area contributed by atoms with Gasteiger partial charge >= 0.3 is 24.3 Å². The predicted octanol–water partition coefficient (Wildman–Crippen LogP) is 4.92. The topological polar surface area (TPSA) is 136 Å². The lowest BCUT2D eigenvalue weighted by Gasteiger charge is -2.38. The predicted molar refractivity (Wildman–Crippen MR) is 134 cm³/mol. The van der Waals surface area contributed by atoms with E-state index in [4.69, 9.17) is 4.74 Å². The van der Waals surface area contributed by atoms with Gasteiger partial charge in [0.15, 0.2) is 0 Å². The SMILES string of the molecule is Cc1ccc(C(F)(F)F)cc1-c1ccc(NC(=O)OC(C)(C)C)c(C(=O)N2CCN(C(=O)O)C[C@H]2C(=O)O)c1. The van der Waals surface area contributed by atoms with E-state index in [0.717, 1.165) is 21.9 Å². The molecule has 3 N–H and O–H groups in total. The summed E-state index contributed by atoms with van der Waals surface area (Å²) in [5.74, 6) is -2.30. The van der Waals surface area contributed by atoms with E-state index >= 15 is 0 Å². The molecule has 0 saturated carbocycles. The standard InChI is InChI=1S/C26H28F3N3O7/c1-14-5-7-16(26(27,28)29)12-17(14)15-6-8-19(30-23(36)39-25(2,3)4)18(11-15)21(33)32-10-9-31(24(37)38)13-20(32)22(34)35/h5-8,11-12,20H,9-10,13H2,1-4H3,(H,30,36)(H,34,35)(H,37,38)/t20-/m0/s1. The quantitative estimate of drug-likeness (QED) is 0.491. The first-order valence-corrected chi connectivity index (χ1v) is 11.8. The fraction of sp³-hybridized carbons (Fsp3) is 0.385. The number of amides is 3. The highest BCUT2D eigenvalue weighted by Gasteiger charge is 2.38. The van der Waals surface area contributed by atoms with Crippen LogP contribution in [0.5, 0.6) is 0 Å². The fourth-order valence-electron chi connectivity index (χ4n) is 4.09. The maximum atomic E-state index is 13.7. The van der Waals surface area contributed by atoms with Crippen LogP contribution in [0.25, 0.3) is 11.1 Å². The Hall–Kier alpha value is -4.29. The normalized spacial score (nSPS) is 16.0. The van der Waals surface area contributed by atoms with Gasteiger partial charge in [0.1, 0.15) is 11.6 Å². The van der Waals surface area contributed by atoms with E-state index in [9.17, 15) is 42.6 Å². The summed E-state index contributed by atoms with van der Waals surface area (Å²) in [6.07, 6.45) is -6.87. The molecule has 3 rings (SSSR count). The molecule has 210 valence electrons. The van der Waals surface area contributed by atoms with Crippen molar-refractivity contribution < 1.29 is 47.3 Å². The van der Waals surface area contributed by atoms with Crippen molar-refractivity contribution in [3.8, 4) is 11.1 Å². The van der Waals surface area contributed by atoms with Gasteiger partial charge in [-0.15, -0.1) is 0 Å². The Balaban J connectivity index is 2.11. The van der Waals surface area contributed by atoms with Crippen LogP contribution < -0.4 is 5.32 Å². The lowest BCUT2D eigenvalue weighted by molar-refractivity contribution is -0.144. The summed E-state index contributed by atoms with van der Waals surface area (Å²) >= 11 is 0. The van der Waals surface area contributed by atoms with Crippen LogP contribution in [0.4, 0.5) is 28.4 Å². The van der Waals surface area contributed by atoms with Gasteiger partial charge in [-0.2, -0.15) is 13.2 Å². The second kappa shape index (κ2) is 10.8. The Kier molecular flexibility index (Phi) is 8.13. The average molecular weight is 552 g/mol. The zero-order chi connectivity index (χ0) is 29.3. The summed E-state index contributed by atoms with van der Waals surface area (Å²) in [6.45, 7) is 5.55. The maximum Gasteiger partial charge on any atom is 0.416 e. The van der Waals surface area contributed by atoms with E-state index in [1.54, 1.807) is 27.7 Å². The number of hydrogen-bond donors (Lipinski definition) is 3. The number of piperazine rings is 1. The molecule has 39 heavy (non-hydrogen) atoms. The number of hydrogen-bond acceptors (Lipinski definition) is 5. The molecule has 10 nitrogen and oxygen atoms in total. The average Bonchev–Trinajstić information content (AvgIpc) is 2.81. The zero-order valence-corrected chi connectivity index (χ0v) is 21.6. The van der Waals surface area contributed by atoms with Gasteiger partial charge < -0.3 is 24.7 Å². The minimum absolute atomic E-state index is 0.0626. The number of ether oxygens (including phenoxy) is 1. The van der Waals surface area contributed by atoms with E-state index in [1.807, 2.05) is 0 Å². The molecule has 0 aromatic heterocycles. The number of rotatable bonds is 4. The van der Waals surface area contributed by atoms with E-state index in [1.165, 1.54) is 24.3 Å². The number of benzene rings is 2. The van der Waals surface area contributed by atoms with Gasteiger partial charge in [-0.1, -0.05) is 12.1 Å². The van der Waals surface area contributed by atoms with E-state index in [2.05, 4.69) is 5.32 Å². The number of nitrogens with one attached hydrogen (secondary N) is 1. The number of carboxylic acid groups (broad SMARTS) is 2. The summed E-state index contributed by atoms with van der Waals surface area (Å²) in [4.78, 5) is 51.3. The minimum Gasteiger partial charge on any atom is -0.480 e. The lowest BCUT2D eigenvalue weighted by Crippen LogP contribution is -2.59. The summed E-state index contributed by atoms with van der Waals surface area (Å²) in [5, 5.41) is 21.4. The monoisotopic (exact) mass is 551 g/mol.